The molecule has 0 heterocycles. The molecule has 144 valence electrons. The van der Waals surface area contributed by atoms with Crippen molar-refractivity contribution < 1.29 is 23.9 Å². The first kappa shape index (κ1) is 21.5. The quantitative estimate of drug-likeness (QED) is 0.654. The molecule has 1 aromatic carbocycles. The van der Waals surface area contributed by atoms with Gasteiger partial charge >= 0.3 is 5.97 Å². The van der Waals surface area contributed by atoms with E-state index in [2.05, 4.69) is 10.6 Å². The largest absolute Gasteiger partial charge is 0.497 e. The zero-order valence-electron chi connectivity index (χ0n) is 16.0. The molecule has 0 bridgehead atoms. The number of rotatable bonds is 9. The van der Waals surface area contributed by atoms with E-state index in [-0.39, 0.29) is 18.2 Å². The van der Waals surface area contributed by atoms with Crippen molar-refractivity contribution in [3.8, 4) is 5.75 Å². The highest BCUT2D eigenvalue weighted by Crippen LogP contribution is 2.21. The Labute approximate surface area is 154 Å². The van der Waals surface area contributed by atoms with Crippen LogP contribution in [0, 0.1) is 5.92 Å². The normalized spacial score (nSPS) is 12.8. The second-order valence-electron chi connectivity index (χ2n) is 6.50. The molecule has 2 N–H and O–H groups in total. The average molecular weight is 364 g/mol. The van der Waals surface area contributed by atoms with E-state index < -0.39 is 18.1 Å². The molecule has 2 amide bonds. The molecule has 26 heavy (non-hydrogen) atoms. The molecular weight excluding hydrogens is 336 g/mol. The molecule has 2 atom stereocenters. The van der Waals surface area contributed by atoms with Crippen molar-refractivity contribution in [1.82, 2.24) is 10.6 Å². The zero-order chi connectivity index (χ0) is 19.7. The third-order valence-corrected chi connectivity index (χ3v) is 3.63. The highest BCUT2D eigenvalue weighted by atomic mass is 16.5. The van der Waals surface area contributed by atoms with E-state index in [0.717, 1.165) is 5.56 Å². The average Bonchev–Trinajstić information content (AvgIpc) is 2.58. The van der Waals surface area contributed by atoms with Gasteiger partial charge in [0.25, 0.3) is 5.91 Å². The van der Waals surface area contributed by atoms with Gasteiger partial charge in [0, 0.05) is 13.5 Å². The predicted molar refractivity (Wildman–Crippen MR) is 97.6 cm³/mol. The summed E-state index contributed by atoms with van der Waals surface area (Å²) in [6.45, 7) is 7.37. The van der Waals surface area contributed by atoms with Crippen LogP contribution in [0.2, 0.25) is 0 Å². The van der Waals surface area contributed by atoms with Crippen molar-refractivity contribution >= 4 is 17.8 Å². The first-order chi connectivity index (χ1) is 12.2. The maximum absolute atomic E-state index is 12.2. The Balaban J connectivity index is 2.70. The molecule has 2 unspecified atom stereocenters. The van der Waals surface area contributed by atoms with E-state index in [1.807, 2.05) is 13.8 Å². The number of nitrogens with one attached hydrogen (secondary N) is 2. The van der Waals surface area contributed by atoms with Crippen LogP contribution >= 0.6 is 0 Å². The number of hydrogen-bond acceptors (Lipinski definition) is 5. The summed E-state index contributed by atoms with van der Waals surface area (Å²) < 4.78 is 10.3. The second kappa shape index (κ2) is 10.4. The number of esters is 1. The van der Waals surface area contributed by atoms with Gasteiger partial charge in [-0.25, -0.2) is 0 Å². The summed E-state index contributed by atoms with van der Waals surface area (Å²) in [6, 6.07) is 6.49. The van der Waals surface area contributed by atoms with Crippen molar-refractivity contribution in [1.29, 1.82) is 0 Å². The van der Waals surface area contributed by atoms with Crippen molar-refractivity contribution in [2.45, 2.75) is 46.3 Å². The van der Waals surface area contributed by atoms with Crippen molar-refractivity contribution in [2.75, 3.05) is 13.7 Å². The Morgan fingerprint density at radius 2 is 1.69 bits per heavy atom. The van der Waals surface area contributed by atoms with Gasteiger partial charge < -0.3 is 20.1 Å². The van der Waals surface area contributed by atoms with E-state index in [1.165, 1.54) is 13.8 Å². The molecule has 0 saturated carbocycles. The Kier molecular flexibility index (Phi) is 8.61. The van der Waals surface area contributed by atoms with Crippen molar-refractivity contribution in [3.63, 3.8) is 0 Å². The van der Waals surface area contributed by atoms with E-state index in [1.54, 1.807) is 31.4 Å². The van der Waals surface area contributed by atoms with Crippen LogP contribution in [-0.4, -0.2) is 37.5 Å². The van der Waals surface area contributed by atoms with Gasteiger partial charge in [-0.3, -0.25) is 14.4 Å². The molecule has 0 aliphatic carbocycles. The van der Waals surface area contributed by atoms with Crippen molar-refractivity contribution in [3.05, 3.63) is 29.8 Å². The highest BCUT2D eigenvalue weighted by Gasteiger charge is 2.22. The van der Waals surface area contributed by atoms with Gasteiger partial charge in [-0.2, -0.15) is 0 Å². The Morgan fingerprint density at radius 1 is 1.08 bits per heavy atom. The number of ether oxygens (including phenoxy) is 2. The molecular formula is C19H28N2O5. The van der Waals surface area contributed by atoms with Crippen LogP contribution in [0.25, 0.3) is 0 Å². The van der Waals surface area contributed by atoms with Gasteiger partial charge in [-0.05, 0) is 30.5 Å². The summed E-state index contributed by atoms with van der Waals surface area (Å²) in [5.74, 6) is -0.185. The summed E-state index contributed by atoms with van der Waals surface area (Å²) in [5, 5.41) is 5.44. The van der Waals surface area contributed by atoms with Crippen LogP contribution in [0.4, 0.5) is 0 Å². The lowest BCUT2D eigenvalue weighted by molar-refractivity contribution is -0.155. The molecule has 0 saturated heterocycles. The minimum Gasteiger partial charge on any atom is -0.497 e. The van der Waals surface area contributed by atoms with Gasteiger partial charge in [0.05, 0.1) is 19.6 Å². The van der Waals surface area contributed by atoms with Gasteiger partial charge in [0.15, 0.2) is 6.10 Å². The second-order valence-corrected chi connectivity index (χ2v) is 6.50. The van der Waals surface area contributed by atoms with Crippen LogP contribution in [0.3, 0.4) is 0 Å². The third-order valence-electron chi connectivity index (χ3n) is 3.63. The first-order valence-corrected chi connectivity index (χ1v) is 8.61. The topological polar surface area (TPSA) is 93.7 Å². The lowest BCUT2D eigenvalue weighted by atomic mass is 10.0. The molecule has 0 radical (unpaired) electrons. The molecule has 0 fully saturated rings. The number of carbonyl (C=O) groups excluding carboxylic acids is 3. The summed E-state index contributed by atoms with van der Waals surface area (Å²) >= 11 is 0. The van der Waals surface area contributed by atoms with Gasteiger partial charge in [-0.15, -0.1) is 0 Å². The molecule has 1 aromatic rings. The molecule has 0 aliphatic rings. The molecule has 1 rings (SSSR count). The fraction of sp³-hybridized carbons (Fsp3) is 0.526. The Hall–Kier alpha value is -2.57. The van der Waals surface area contributed by atoms with E-state index in [9.17, 15) is 14.4 Å². The summed E-state index contributed by atoms with van der Waals surface area (Å²) in [5.41, 5.74) is 0.745. The number of hydrogen-bond donors (Lipinski definition) is 2. The minimum atomic E-state index is -0.893. The molecule has 0 spiro atoms. The fourth-order valence-corrected chi connectivity index (χ4v) is 2.25. The minimum absolute atomic E-state index is 0.0757. The monoisotopic (exact) mass is 364 g/mol. The maximum atomic E-state index is 12.2. The lowest BCUT2D eigenvalue weighted by Gasteiger charge is -2.20. The summed E-state index contributed by atoms with van der Waals surface area (Å²) in [7, 11) is 1.56. The predicted octanol–water partition coefficient (Wildman–Crippen LogP) is 1.97. The van der Waals surface area contributed by atoms with Gasteiger partial charge in [0.1, 0.15) is 5.75 Å². The first-order valence-electron chi connectivity index (χ1n) is 8.61. The molecule has 0 aliphatic heterocycles. The zero-order valence-corrected chi connectivity index (χ0v) is 16.0. The summed E-state index contributed by atoms with van der Waals surface area (Å²) in [6.07, 6.45) is -0.969. The maximum Gasteiger partial charge on any atom is 0.309 e. The van der Waals surface area contributed by atoms with Crippen LogP contribution < -0.4 is 15.4 Å². The number of carbonyl (C=O) groups is 3. The van der Waals surface area contributed by atoms with Gasteiger partial charge in [0.2, 0.25) is 5.91 Å². The van der Waals surface area contributed by atoms with E-state index in [0.29, 0.717) is 18.2 Å². The number of amides is 2. The SMILES string of the molecule is COc1ccc(C(CC(=O)OC(C)C(=O)NCC(C)C)NC(C)=O)cc1. The molecule has 7 heteroatoms. The highest BCUT2D eigenvalue weighted by molar-refractivity contribution is 5.83. The van der Waals surface area contributed by atoms with Crippen LogP contribution in [-0.2, 0) is 19.1 Å². The summed E-state index contributed by atoms with van der Waals surface area (Å²) in [4.78, 5) is 35.6. The Bertz CT molecular complexity index is 613. The van der Waals surface area contributed by atoms with Gasteiger partial charge in [-0.1, -0.05) is 26.0 Å². The lowest BCUT2D eigenvalue weighted by Crippen LogP contribution is -2.38. The van der Waals surface area contributed by atoms with Crippen LogP contribution in [0.1, 0.15) is 45.7 Å². The van der Waals surface area contributed by atoms with Crippen molar-refractivity contribution in [2.24, 2.45) is 5.92 Å². The molecule has 0 aromatic heterocycles. The number of benzene rings is 1. The molecule has 7 nitrogen and oxygen atoms in total. The fourth-order valence-electron chi connectivity index (χ4n) is 2.25. The third kappa shape index (κ3) is 7.55. The number of methoxy groups -OCH3 is 1. The standard InChI is InChI=1S/C19H28N2O5/c1-12(2)11-20-19(24)13(3)26-18(23)10-17(21-14(4)22)15-6-8-16(25-5)9-7-15/h6-9,12-13,17H,10-11H2,1-5H3,(H,20,24)(H,21,22). The van der Waals surface area contributed by atoms with Crippen LogP contribution in [0.5, 0.6) is 5.75 Å². The van der Waals surface area contributed by atoms with E-state index in [4.69, 9.17) is 9.47 Å². The van der Waals surface area contributed by atoms with Crippen LogP contribution in [0.15, 0.2) is 24.3 Å². The van der Waals surface area contributed by atoms with E-state index >= 15 is 0 Å². The Morgan fingerprint density at radius 3 is 2.19 bits per heavy atom. The smallest absolute Gasteiger partial charge is 0.309 e.